The Balaban J connectivity index is 2.06. The first-order valence-corrected chi connectivity index (χ1v) is 5.33. The molecular weight excluding hydrogens is 164 g/mol. The molecule has 1 atom stereocenters. The minimum atomic E-state index is 0.190. The molecule has 1 aliphatic rings. The predicted molar refractivity (Wildman–Crippen MR) is 53.6 cm³/mol. The Morgan fingerprint density at radius 3 is 3.00 bits per heavy atom. The molecule has 0 saturated carbocycles. The van der Waals surface area contributed by atoms with Crippen LogP contribution in [0.2, 0.25) is 0 Å². The molecule has 0 bridgehead atoms. The fraction of sp³-hybridized carbons (Fsp3) is 0.900. The molecule has 1 unspecified atom stereocenters. The maximum absolute atomic E-state index is 11.1. The fourth-order valence-corrected chi connectivity index (χ4v) is 1.76. The van der Waals surface area contributed by atoms with Gasteiger partial charge in [0.1, 0.15) is 0 Å². The number of piperidine rings is 1. The van der Waals surface area contributed by atoms with Crippen LogP contribution in [0.5, 0.6) is 0 Å². The van der Waals surface area contributed by atoms with Crippen LogP contribution in [0.25, 0.3) is 0 Å². The van der Waals surface area contributed by atoms with Crippen molar-refractivity contribution in [2.24, 2.45) is 0 Å². The van der Waals surface area contributed by atoms with Crippen molar-refractivity contribution in [2.45, 2.75) is 45.1 Å². The maximum Gasteiger partial charge on any atom is 0.220 e. The van der Waals surface area contributed by atoms with Crippen LogP contribution in [0.3, 0.4) is 0 Å². The van der Waals surface area contributed by atoms with Gasteiger partial charge in [-0.2, -0.15) is 0 Å². The molecule has 0 radical (unpaired) electrons. The Bertz CT molecular complexity index is 153. The SMILES string of the molecule is CCNC(=O)CCC1CCCCN1. The van der Waals surface area contributed by atoms with Crippen molar-refractivity contribution < 1.29 is 4.79 Å². The van der Waals surface area contributed by atoms with Crippen molar-refractivity contribution in [1.82, 2.24) is 10.6 Å². The monoisotopic (exact) mass is 184 g/mol. The smallest absolute Gasteiger partial charge is 0.220 e. The summed E-state index contributed by atoms with van der Waals surface area (Å²) in [6.07, 6.45) is 5.50. The first-order valence-electron chi connectivity index (χ1n) is 5.33. The van der Waals surface area contributed by atoms with E-state index in [-0.39, 0.29) is 5.91 Å². The number of nitrogens with one attached hydrogen (secondary N) is 2. The topological polar surface area (TPSA) is 41.1 Å². The summed E-state index contributed by atoms with van der Waals surface area (Å²) < 4.78 is 0. The molecule has 0 aromatic carbocycles. The Morgan fingerprint density at radius 2 is 2.38 bits per heavy atom. The molecule has 1 fully saturated rings. The Morgan fingerprint density at radius 1 is 1.54 bits per heavy atom. The van der Waals surface area contributed by atoms with Gasteiger partial charge in [0, 0.05) is 19.0 Å². The Kier molecular flexibility index (Phi) is 4.83. The third-order valence-electron chi connectivity index (χ3n) is 2.51. The van der Waals surface area contributed by atoms with E-state index in [1.54, 1.807) is 0 Å². The quantitative estimate of drug-likeness (QED) is 0.685. The highest BCUT2D eigenvalue weighted by Gasteiger charge is 2.13. The Hall–Kier alpha value is -0.570. The summed E-state index contributed by atoms with van der Waals surface area (Å²) >= 11 is 0. The first kappa shape index (κ1) is 10.5. The standard InChI is InChI=1S/C10H20N2O/c1-2-11-10(13)7-6-9-5-3-4-8-12-9/h9,12H,2-8H2,1H3,(H,11,13). The fourth-order valence-electron chi connectivity index (χ4n) is 1.76. The van der Waals surface area contributed by atoms with E-state index in [4.69, 9.17) is 0 Å². The van der Waals surface area contributed by atoms with Crippen LogP contribution in [0.4, 0.5) is 0 Å². The van der Waals surface area contributed by atoms with Gasteiger partial charge in [-0.3, -0.25) is 4.79 Å². The first-order chi connectivity index (χ1) is 6.33. The van der Waals surface area contributed by atoms with E-state index in [2.05, 4.69) is 10.6 Å². The highest BCUT2D eigenvalue weighted by atomic mass is 16.1. The average Bonchev–Trinajstić information content (AvgIpc) is 2.17. The highest BCUT2D eigenvalue weighted by Crippen LogP contribution is 2.11. The van der Waals surface area contributed by atoms with Gasteiger partial charge in [0.15, 0.2) is 0 Å². The van der Waals surface area contributed by atoms with Crippen molar-refractivity contribution in [3.05, 3.63) is 0 Å². The summed E-state index contributed by atoms with van der Waals surface area (Å²) in [5.41, 5.74) is 0. The van der Waals surface area contributed by atoms with Gasteiger partial charge in [-0.1, -0.05) is 6.42 Å². The minimum absolute atomic E-state index is 0.190. The summed E-state index contributed by atoms with van der Waals surface area (Å²) in [5.74, 6) is 0.190. The van der Waals surface area contributed by atoms with Gasteiger partial charge in [0.2, 0.25) is 5.91 Å². The van der Waals surface area contributed by atoms with E-state index in [0.29, 0.717) is 12.5 Å². The molecule has 1 amide bonds. The van der Waals surface area contributed by atoms with E-state index in [9.17, 15) is 4.79 Å². The van der Waals surface area contributed by atoms with E-state index in [1.807, 2.05) is 6.92 Å². The van der Waals surface area contributed by atoms with Crippen LogP contribution in [0.1, 0.15) is 39.0 Å². The van der Waals surface area contributed by atoms with Crippen LogP contribution >= 0.6 is 0 Å². The molecular formula is C10H20N2O. The molecule has 1 aliphatic heterocycles. The maximum atomic E-state index is 11.1. The molecule has 0 aliphatic carbocycles. The third-order valence-corrected chi connectivity index (χ3v) is 2.51. The molecule has 2 N–H and O–H groups in total. The zero-order valence-electron chi connectivity index (χ0n) is 8.44. The second kappa shape index (κ2) is 5.97. The van der Waals surface area contributed by atoms with Crippen LogP contribution in [0, 0.1) is 0 Å². The molecule has 76 valence electrons. The molecule has 3 nitrogen and oxygen atoms in total. The normalized spacial score (nSPS) is 22.7. The summed E-state index contributed by atoms with van der Waals surface area (Å²) in [7, 11) is 0. The molecule has 3 heteroatoms. The number of hydrogen-bond acceptors (Lipinski definition) is 2. The predicted octanol–water partition coefficient (Wildman–Crippen LogP) is 1.04. The molecule has 0 aromatic rings. The van der Waals surface area contributed by atoms with E-state index >= 15 is 0 Å². The van der Waals surface area contributed by atoms with Crippen LogP contribution in [-0.2, 0) is 4.79 Å². The van der Waals surface area contributed by atoms with Crippen LogP contribution < -0.4 is 10.6 Å². The van der Waals surface area contributed by atoms with Gasteiger partial charge in [0.05, 0.1) is 0 Å². The second-order valence-electron chi connectivity index (χ2n) is 3.64. The van der Waals surface area contributed by atoms with Gasteiger partial charge in [0.25, 0.3) is 0 Å². The van der Waals surface area contributed by atoms with Gasteiger partial charge in [-0.15, -0.1) is 0 Å². The summed E-state index contributed by atoms with van der Waals surface area (Å²) in [5, 5.41) is 6.25. The van der Waals surface area contributed by atoms with Crippen molar-refractivity contribution >= 4 is 5.91 Å². The van der Waals surface area contributed by atoms with Crippen molar-refractivity contribution in [3.8, 4) is 0 Å². The molecule has 13 heavy (non-hydrogen) atoms. The van der Waals surface area contributed by atoms with Gasteiger partial charge < -0.3 is 10.6 Å². The summed E-state index contributed by atoms with van der Waals surface area (Å²) in [4.78, 5) is 11.1. The number of amides is 1. The Labute approximate surface area is 80.3 Å². The zero-order chi connectivity index (χ0) is 9.52. The second-order valence-corrected chi connectivity index (χ2v) is 3.64. The average molecular weight is 184 g/mol. The molecule has 0 spiro atoms. The van der Waals surface area contributed by atoms with Crippen LogP contribution in [-0.4, -0.2) is 25.0 Å². The molecule has 1 heterocycles. The van der Waals surface area contributed by atoms with Gasteiger partial charge in [-0.25, -0.2) is 0 Å². The third kappa shape index (κ3) is 4.27. The van der Waals surface area contributed by atoms with E-state index in [0.717, 1.165) is 19.5 Å². The number of rotatable bonds is 4. The number of carbonyl (C=O) groups excluding carboxylic acids is 1. The summed E-state index contributed by atoms with van der Waals surface area (Å²) in [6, 6.07) is 0.580. The van der Waals surface area contributed by atoms with Crippen LogP contribution in [0.15, 0.2) is 0 Å². The number of carbonyl (C=O) groups is 1. The highest BCUT2D eigenvalue weighted by molar-refractivity contribution is 5.75. The lowest BCUT2D eigenvalue weighted by Gasteiger charge is -2.22. The van der Waals surface area contributed by atoms with Gasteiger partial charge in [-0.05, 0) is 32.7 Å². The molecule has 1 saturated heterocycles. The lowest BCUT2D eigenvalue weighted by molar-refractivity contribution is -0.121. The van der Waals surface area contributed by atoms with Crippen molar-refractivity contribution in [1.29, 1.82) is 0 Å². The lowest BCUT2D eigenvalue weighted by Crippen LogP contribution is -2.35. The minimum Gasteiger partial charge on any atom is -0.356 e. The number of hydrogen-bond donors (Lipinski definition) is 2. The van der Waals surface area contributed by atoms with E-state index in [1.165, 1.54) is 19.3 Å². The van der Waals surface area contributed by atoms with Crippen molar-refractivity contribution in [2.75, 3.05) is 13.1 Å². The van der Waals surface area contributed by atoms with E-state index < -0.39 is 0 Å². The molecule has 1 rings (SSSR count). The van der Waals surface area contributed by atoms with Crippen molar-refractivity contribution in [3.63, 3.8) is 0 Å². The summed E-state index contributed by atoms with van der Waals surface area (Å²) in [6.45, 7) is 3.83. The van der Waals surface area contributed by atoms with Gasteiger partial charge >= 0.3 is 0 Å². The molecule has 0 aromatic heterocycles. The zero-order valence-corrected chi connectivity index (χ0v) is 8.44. The lowest BCUT2D eigenvalue weighted by atomic mass is 10.0. The largest absolute Gasteiger partial charge is 0.356 e.